The van der Waals surface area contributed by atoms with Crippen LogP contribution < -0.4 is 15.5 Å². The smallest absolute Gasteiger partial charge is 0.227 e. The number of aromatic hydroxyl groups is 1. The first kappa shape index (κ1) is 31.6. The summed E-state index contributed by atoms with van der Waals surface area (Å²) in [5.41, 5.74) is 3.34. The molecule has 0 heterocycles. The summed E-state index contributed by atoms with van der Waals surface area (Å²) in [4.78, 5) is 30.3. The quantitative estimate of drug-likeness (QED) is 0.162. The van der Waals surface area contributed by atoms with Gasteiger partial charge in [-0.25, -0.2) is 4.79 Å². The summed E-state index contributed by atoms with van der Waals surface area (Å²) in [6.07, 6.45) is 1.58. The molecule has 0 spiro atoms. The molecule has 1 amide bonds. The van der Waals surface area contributed by atoms with Crippen LogP contribution in [-0.2, 0) is 20.8 Å². The molecule has 204 valence electrons. The van der Waals surface area contributed by atoms with Crippen molar-refractivity contribution in [2.45, 2.75) is 91.9 Å². The number of aliphatic hydroxyl groups is 1. The summed E-state index contributed by atoms with van der Waals surface area (Å²) in [6, 6.07) is 4.64. The lowest BCUT2D eigenvalue weighted by atomic mass is 9.81. The van der Waals surface area contributed by atoms with Gasteiger partial charge in [-0.3, -0.25) is 9.63 Å². The first-order valence-electron chi connectivity index (χ1n) is 12.8. The SMILES string of the molecule is CCCCNC(=O)[C@H](C)C(=C=O)[C@H](O)[C@H](C[C@H](Cc1ccc(OC)c(O)c1)C(C)C)NOC(C)(C)C. The first-order valence-corrected chi connectivity index (χ1v) is 12.8. The van der Waals surface area contributed by atoms with Crippen LogP contribution in [0.5, 0.6) is 11.5 Å². The van der Waals surface area contributed by atoms with E-state index < -0.39 is 23.7 Å². The van der Waals surface area contributed by atoms with Gasteiger partial charge in [0.25, 0.3) is 0 Å². The van der Waals surface area contributed by atoms with Crippen LogP contribution in [0.15, 0.2) is 23.8 Å². The molecule has 0 fully saturated rings. The Balaban J connectivity index is 3.16. The third-order valence-corrected chi connectivity index (χ3v) is 6.26. The van der Waals surface area contributed by atoms with E-state index in [-0.39, 0.29) is 29.1 Å². The number of amides is 1. The molecule has 0 unspecified atom stereocenters. The fourth-order valence-electron chi connectivity index (χ4n) is 3.88. The minimum absolute atomic E-state index is 0.0106. The molecule has 8 nitrogen and oxygen atoms in total. The standard InChI is InChI=1S/C28H46N2O6/c1-9-10-13-29-27(34)19(4)22(17-31)26(33)23(30-36-28(5,6)7)16-21(18(2)3)14-20-11-12-25(35-8)24(32)15-20/h11-12,15,18-19,21,23,26,30,32-33H,9-10,13-14,16H2,1-8H3,(H,29,34)/t19-,21+,23+,26+/m1/s1. The molecule has 36 heavy (non-hydrogen) atoms. The van der Waals surface area contributed by atoms with Gasteiger partial charge in [0, 0.05) is 6.54 Å². The Morgan fingerprint density at radius 2 is 1.86 bits per heavy atom. The number of phenolic OH excluding ortho intramolecular Hbond substituents is 1. The van der Waals surface area contributed by atoms with Gasteiger partial charge < -0.3 is 20.3 Å². The first-order chi connectivity index (χ1) is 16.8. The van der Waals surface area contributed by atoms with Crippen LogP contribution in [0.3, 0.4) is 0 Å². The Hall–Kier alpha value is -2.38. The summed E-state index contributed by atoms with van der Waals surface area (Å²) in [6.45, 7) is 14.0. The lowest BCUT2D eigenvalue weighted by molar-refractivity contribution is -0.124. The minimum atomic E-state index is -1.28. The molecular formula is C28H46N2O6. The second-order valence-corrected chi connectivity index (χ2v) is 10.8. The molecule has 0 aliphatic heterocycles. The lowest BCUT2D eigenvalue weighted by Crippen LogP contribution is -2.48. The van der Waals surface area contributed by atoms with Crippen molar-refractivity contribution in [1.82, 2.24) is 10.8 Å². The molecule has 0 aliphatic carbocycles. The number of nitrogens with one attached hydrogen (secondary N) is 2. The molecule has 1 rings (SSSR count). The van der Waals surface area contributed by atoms with Crippen LogP contribution in [0.4, 0.5) is 0 Å². The van der Waals surface area contributed by atoms with Gasteiger partial charge >= 0.3 is 0 Å². The van der Waals surface area contributed by atoms with Gasteiger partial charge in [0.15, 0.2) is 11.5 Å². The summed E-state index contributed by atoms with van der Waals surface area (Å²) < 4.78 is 5.14. The van der Waals surface area contributed by atoms with E-state index in [1.165, 1.54) is 7.11 Å². The number of hydrogen-bond donors (Lipinski definition) is 4. The van der Waals surface area contributed by atoms with Gasteiger partial charge in [-0.1, -0.05) is 33.3 Å². The molecule has 0 aliphatic rings. The van der Waals surface area contributed by atoms with Crippen LogP contribution in [0.1, 0.15) is 73.3 Å². The monoisotopic (exact) mass is 506 g/mol. The fourth-order valence-corrected chi connectivity index (χ4v) is 3.88. The van der Waals surface area contributed by atoms with Gasteiger partial charge in [0.05, 0.1) is 30.2 Å². The summed E-state index contributed by atoms with van der Waals surface area (Å²) >= 11 is 0. The van der Waals surface area contributed by atoms with Crippen molar-refractivity contribution in [2.24, 2.45) is 17.8 Å². The Labute approximate surface area is 216 Å². The van der Waals surface area contributed by atoms with E-state index >= 15 is 0 Å². The highest BCUT2D eigenvalue weighted by atomic mass is 16.7. The average Bonchev–Trinajstić information content (AvgIpc) is 2.80. The van der Waals surface area contributed by atoms with E-state index in [1.807, 2.05) is 39.7 Å². The number of hydrogen-bond acceptors (Lipinski definition) is 7. The molecule has 4 atom stereocenters. The maximum Gasteiger partial charge on any atom is 0.227 e. The molecular weight excluding hydrogens is 460 g/mol. The zero-order valence-electron chi connectivity index (χ0n) is 23.2. The Morgan fingerprint density at radius 3 is 2.36 bits per heavy atom. The molecule has 4 N–H and O–H groups in total. The lowest BCUT2D eigenvalue weighted by Gasteiger charge is -2.33. The second kappa shape index (κ2) is 15.0. The van der Waals surface area contributed by atoms with Crippen molar-refractivity contribution in [1.29, 1.82) is 0 Å². The summed E-state index contributed by atoms with van der Waals surface area (Å²) in [5, 5.41) is 24.3. The van der Waals surface area contributed by atoms with E-state index in [0.717, 1.165) is 18.4 Å². The van der Waals surface area contributed by atoms with E-state index in [0.29, 0.717) is 25.1 Å². The van der Waals surface area contributed by atoms with Crippen LogP contribution >= 0.6 is 0 Å². The van der Waals surface area contributed by atoms with Crippen LogP contribution in [0, 0.1) is 17.8 Å². The van der Waals surface area contributed by atoms with Crippen molar-refractivity contribution >= 4 is 11.8 Å². The number of rotatable bonds is 15. The van der Waals surface area contributed by atoms with Gasteiger partial charge in [-0.2, -0.15) is 5.48 Å². The molecule has 0 saturated carbocycles. The fraction of sp³-hybridized carbons (Fsp3) is 0.679. The van der Waals surface area contributed by atoms with Crippen molar-refractivity contribution in [3.63, 3.8) is 0 Å². The minimum Gasteiger partial charge on any atom is -0.504 e. The topological polar surface area (TPSA) is 117 Å². The molecule has 1 aromatic rings. The number of carbonyl (C=O) groups excluding carboxylic acids is 2. The van der Waals surface area contributed by atoms with Crippen LogP contribution in [0.25, 0.3) is 0 Å². The zero-order valence-corrected chi connectivity index (χ0v) is 23.2. The predicted octanol–water partition coefficient (Wildman–Crippen LogP) is 3.97. The molecule has 1 aromatic carbocycles. The number of hydroxylamine groups is 1. The van der Waals surface area contributed by atoms with Crippen molar-refractivity contribution in [3.8, 4) is 11.5 Å². The number of carbonyl (C=O) groups is 1. The number of benzene rings is 1. The summed E-state index contributed by atoms with van der Waals surface area (Å²) in [7, 11) is 1.50. The normalized spacial score (nSPS) is 15.1. The highest BCUT2D eigenvalue weighted by molar-refractivity contribution is 5.84. The second-order valence-electron chi connectivity index (χ2n) is 10.8. The molecule has 0 bridgehead atoms. The van der Waals surface area contributed by atoms with Crippen molar-refractivity contribution in [3.05, 3.63) is 29.3 Å². The third kappa shape index (κ3) is 10.3. The number of aliphatic hydroxyl groups excluding tert-OH is 1. The molecule has 0 saturated heterocycles. The third-order valence-electron chi connectivity index (χ3n) is 6.26. The zero-order chi connectivity index (χ0) is 27.5. The van der Waals surface area contributed by atoms with Crippen molar-refractivity contribution in [2.75, 3.05) is 13.7 Å². The van der Waals surface area contributed by atoms with Gasteiger partial charge in [-0.15, -0.1) is 0 Å². The number of ether oxygens (including phenoxy) is 1. The predicted molar refractivity (Wildman–Crippen MR) is 141 cm³/mol. The van der Waals surface area contributed by atoms with Crippen LogP contribution in [-0.4, -0.2) is 53.5 Å². The number of phenols is 1. The van der Waals surface area contributed by atoms with E-state index in [9.17, 15) is 19.8 Å². The highest BCUT2D eigenvalue weighted by Crippen LogP contribution is 2.31. The maximum absolute atomic E-state index is 12.6. The highest BCUT2D eigenvalue weighted by Gasteiger charge is 2.34. The molecule has 0 radical (unpaired) electrons. The maximum atomic E-state index is 12.6. The Kier molecular flexibility index (Phi) is 13.2. The van der Waals surface area contributed by atoms with Crippen LogP contribution in [0.2, 0.25) is 0 Å². The van der Waals surface area contributed by atoms with E-state index in [4.69, 9.17) is 9.57 Å². The van der Waals surface area contributed by atoms with E-state index in [2.05, 4.69) is 24.6 Å². The van der Waals surface area contributed by atoms with E-state index in [1.54, 1.807) is 19.1 Å². The molecule has 8 heteroatoms. The summed E-state index contributed by atoms with van der Waals surface area (Å²) in [5.74, 6) is 1.45. The largest absolute Gasteiger partial charge is 0.504 e. The molecule has 0 aromatic heterocycles. The average molecular weight is 507 g/mol. The van der Waals surface area contributed by atoms with Gasteiger partial charge in [0.1, 0.15) is 12.0 Å². The van der Waals surface area contributed by atoms with Gasteiger partial charge in [0.2, 0.25) is 5.91 Å². The number of methoxy groups -OCH3 is 1. The van der Waals surface area contributed by atoms with Crippen molar-refractivity contribution < 1.29 is 29.4 Å². The number of unbranched alkanes of at least 4 members (excludes halogenated alkanes) is 1. The van der Waals surface area contributed by atoms with Gasteiger partial charge in [-0.05, 0) is 76.5 Å². The Bertz CT molecular complexity index is 873. The Morgan fingerprint density at radius 1 is 1.19 bits per heavy atom.